The molecule has 0 spiro atoms. The highest BCUT2D eigenvalue weighted by molar-refractivity contribution is 5.91. The lowest BCUT2D eigenvalue weighted by molar-refractivity contribution is 0.0525. The molecule has 0 bridgehead atoms. The van der Waals surface area contributed by atoms with Crippen molar-refractivity contribution in [3.63, 3.8) is 0 Å². The molecule has 0 aliphatic carbocycles. The van der Waals surface area contributed by atoms with E-state index in [1.165, 1.54) is 12.1 Å². The molecule has 1 aromatic rings. The molecule has 20 heavy (non-hydrogen) atoms. The summed E-state index contributed by atoms with van der Waals surface area (Å²) in [4.78, 5) is 11.8. The average Bonchev–Trinajstić information content (AvgIpc) is 2.45. The molecule has 0 atom stereocenters. The zero-order chi connectivity index (χ0) is 15.0. The summed E-state index contributed by atoms with van der Waals surface area (Å²) in [5.41, 5.74) is 8.55. The van der Waals surface area contributed by atoms with Crippen molar-refractivity contribution >= 4 is 11.7 Å². The van der Waals surface area contributed by atoms with Crippen molar-refractivity contribution in [1.29, 1.82) is 0 Å². The number of carbonyl (C=O) groups excluding carboxylic acids is 1. The van der Waals surface area contributed by atoms with Crippen LogP contribution in [-0.2, 0) is 4.74 Å². The third kappa shape index (κ3) is 4.33. The van der Waals surface area contributed by atoms with Crippen LogP contribution in [0.5, 0.6) is 11.5 Å². The number of ether oxygens (including phenoxy) is 3. The second-order valence-corrected chi connectivity index (χ2v) is 4.26. The van der Waals surface area contributed by atoms with Crippen LogP contribution in [0.4, 0.5) is 5.69 Å². The van der Waals surface area contributed by atoms with Crippen LogP contribution in [0.3, 0.4) is 0 Å². The van der Waals surface area contributed by atoms with E-state index >= 15 is 0 Å². The Morgan fingerprint density at radius 3 is 1.95 bits per heavy atom. The van der Waals surface area contributed by atoms with Crippen molar-refractivity contribution in [2.24, 2.45) is 0 Å². The number of nitrogens with one attached hydrogen (secondary N) is 1. The second kappa shape index (κ2) is 8.30. The van der Waals surface area contributed by atoms with E-state index in [4.69, 9.17) is 19.9 Å². The largest absolute Gasteiger partial charge is 0.491 e. The molecule has 1 aromatic carbocycles. The van der Waals surface area contributed by atoms with Crippen LogP contribution >= 0.6 is 0 Å². The third-order valence-electron chi connectivity index (χ3n) is 2.50. The minimum atomic E-state index is -0.435. The highest BCUT2D eigenvalue weighted by atomic mass is 16.5. The molecule has 1 radical (unpaired) electrons. The Labute approximate surface area is 120 Å². The Morgan fingerprint density at radius 1 is 1.05 bits per heavy atom. The molecule has 0 aliphatic rings. The predicted molar refractivity (Wildman–Crippen MR) is 76.7 cm³/mol. The summed E-state index contributed by atoms with van der Waals surface area (Å²) < 4.78 is 16.0. The van der Waals surface area contributed by atoms with Gasteiger partial charge in [0.2, 0.25) is 0 Å². The van der Waals surface area contributed by atoms with Crippen LogP contribution < -0.4 is 15.2 Å². The summed E-state index contributed by atoms with van der Waals surface area (Å²) in [7, 11) is 0. The second-order valence-electron chi connectivity index (χ2n) is 4.26. The number of esters is 1. The summed E-state index contributed by atoms with van der Waals surface area (Å²) in [6, 6.07) is 3.07. The van der Waals surface area contributed by atoms with E-state index < -0.39 is 5.97 Å². The van der Waals surface area contributed by atoms with Crippen molar-refractivity contribution in [3.8, 4) is 11.5 Å². The quantitative estimate of drug-likeness (QED) is 0.685. The number of hydrogen-bond donors (Lipinski definition) is 0. The van der Waals surface area contributed by atoms with Crippen LogP contribution in [0.1, 0.15) is 44.0 Å². The molecule has 0 heterocycles. The van der Waals surface area contributed by atoms with Crippen LogP contribution in [0.15, 0.2) is 12.1 Å². The Morgan fingerprint density at radius 2 is 1.55 bits per heavy atom. The van der Waals surface area contributed by atoms with Gasteiger partial charge in [-0.25, -0.2) is 4.79 Å². The first-order valence-electron chi connectivity index (χ1n) is 6.96. The highest BCUT2D eigenvalue weighted by Gasteiger charge is 2.16. The summed E-state index contributed by atoms with van der Waals surface area (Å²) in [5, 5.41) is 0. The lowest BCUT2D eigenvalue weighted by Crippen LogP contribution is -2.07. The lowest BCUT2D eigenvalue weighted by Gasteiger charge is -2.14. The van der Waals surface area contributed by atoms with Crippen LogP contribution in [0.2, 0.25) is 0 Å². The van der Waals surface area contributed by atoms with Gasteiger partial charge >= 0.3 is 5.97 Å². The molecule has 0 saturated heterocycles. The minimum absolute atomic E-state index is 0.167. The molecule has 0 aromatic heterocycles. The van der Waals surface area contributed by atoms with Gasteiger partial charge in [-0.1, -0.05) is 13.8 Å². The number of rotatable bonds is 8. The van der Waals surface area contributed by atoms with Gasteiger partial charge in [0.15, 0.2) is 0 Å². The van der Waals surface area contributed by atoms with E-state index in [1.54, 1.807) is 6.92 Å². The Balaban J connectivity index is 3.07. The first kappa shape index (κ1) is 16.1. The van der Waals surface area contributed by atoms with Gasteiger partial charge in [-0.3, -0.25) is 5.73 Å². The van der Waals surface area contributed by atoms with Gasteiger partial charge in [0.25, 0.3) is 0 Å². The lowest BCUT2D eigenvalue weighted by atomic mass is 10.1. The maximum Gasteiger partial charge on any atom is 0.338 e. The Kier molecular flexibility index (Phi) is 6.70. The third-order valence-corrected chi connectivity index (χ3v) is 2.50. The predicted octanol–water partition coefficient (Wildman–Crippen LogP) is 3.36. The normalized spacial score (nSPS) is 10.2. The van der Waals surface area contributed by atoms with Crippen molar-refractivity contribution in [2.45, 2.75) is 33.6 Å². The fourth-order valence-corrected chi connectivity index (χ4v) is 1.57. The zero-order valence-electron chi connectivity index (χ0n) is 12.3. The van der Waals surface area contributed by atoms with Crippen molar-refractivity contribution < 1.29 is 19.0 Å². The van der Waals surface area contributed by atoms with Gasteiger partial charge in [0.05, 0.1) is 25.4 Å². The zero-order valence-corrected chi connectivity index (χ0v) is 12.3. The molecule has 1 rings (SSSR count). The standard InChI is InChI=1S/C15H22NO4/c1-4-7-19-12-9-11(15(17)18-6-3)10-13(14(12)16)20-8-5-2/h9-10,16H,4-8H2,1-3H3. The Bertz CT molecular complexity index is 416. The molecule has 0 saturated carbocycles. The van der Waals surface area contributed by atoms with Crippen molar-refractivity contribution in [2.75, 3.05) is 19.8 Å². The van der Waals surface area contributed by atoms with Crippen LogP contribution in [0, 0.1) is 0 Å². The first-order chi connectivity index (χ1) is 9.63. The first-order valence-corrected chi connectivity index (χ1v) is 6.96. The monoisotopic (exact) mass is 280 g/mol. The smallest absolute Gasteiger partial charge is 0.338 e. The molecular weight excluding hydrogens is 258 g/mol. The SMILES string of the molecule is CCCOc1cc(C(=O)OCC)cc(OCCC)c1[NH]. The van der Waals surface area contributed by atoms with Gasteiger partial charge in [0, 0.05) is 0 Å². The summed E-state index contributed by atoms with van der Waals surface area (Å²) in [5.74, 6) is 0.266. The van der Waals surface area contributed by atoms with E-state index in [9.17, 15) is 4.79 Å². The fourth-order valence-electron chi connectivity index (χ4n) is 1.57. The van der Waals surface area contributed by atoms with E-state index in [0.29, 0.717) is 36.9 Å². The van der Waals surface area contributed by atoms with Gasteiger partial charge in [-0.05, 0) is 31.9 Å². The molecular formula is C15H22NO4. The van der Waals surface area contributed by atoms with E-state index in [1.807, 2.05) is 13.8 Å². The molecule has 111 valence electrons. The van der Waals surface area contributed by atoms with E-state index in [2.05, 4.69) is 0 Å². The van der Waals surface area contributed by atoms with Gasteiger partial charge in [-0.2, -0.15) is 0 Å². The summed E-state index contributed by atoms with van der Waals surface area (Å²) in [6.45, 7) is 6.99. The molecule has 0 unspecified atom stereocenters. The van der Waals surface area contributed by atoms with E-state index in [0.717, 1.165) is 12.8 Å². The Hall–Kier alpha value is -1.91. The van der Waals surface area contributed by atoms with Crippen LogP contribution in [-0.4, -0.2) is 25.8 Å². The maximum absolute atomic E-state index is 11.8. The number of benzene rings is 1. The minimum Gasteiger partial charge on any atom is -0.491 e. The molecule has 0 fully saturated rings. The average molecular weight is 280 g/mol. The van der Waals surface area contributed by atoms with E-state index in [-0.39, 0.29) is 5.69 Å². The fraction of sp³-hybridized carbons (Fsp3) is 0.533. The van der Waals surface area contributed by atoms with Crippen molar-refractivity contribution in [3.05, 3.63) is 17.7 Å². The summed E-state index contributed by atoms with van der Waals surface area (Å²) in [6.07, 6.45) is 1.66. The number of hydrogen-bond acceptors (Lipinski definition) is 4. The topological polar surface area (TPSA) is 68.6 Å². The maximum atomic E-state index is 11.8. The van der Waals surface area contributed by atoms with Gasteiger partial charge in [0.1, 0.15) is 17.2 Å². The molecule has 0 aliphatic heterocycles. The van der Waals surface area contributed by atoms with Crippen molar-refractivity contribution in [1.82, 2.24) is 5.73 Å². The number of carbonyl (C=O) groups is 1. The van der Waals surface area contributed by atoms with Gasteiger partial charge in [-0.15, -0.1) is 0 Å². The van der Waals surface area contributed by atoms with Gasteiger partial charge < -0.3 is 14.2 Å². The highest BCUT2D eigenvalue weighted by Crippen LogP contribution is 2.35. The molecule has 5 heteroatoms. The molecule has 0 amide bonds. The molecule has 5 nitrogen and oxygen atoms in total. The summed E-state index contributed by atoms with van der Waals surface area (Å²) >= 11 is 0. The van der Waals surface area contributed by atoms with Crippen LogP contribution in [0.25, 0.3) is 0 Å². The molecule has 1 N–H and O–H groups in total.